The predicted octanol–water partition coefficient (Wildman–Crippen LogP) is 3.36. The minimum Gasteiger partial charge on any atom is -0.469 e. The first kappa shape index (κ1) is 14.5. The lowest BCUT2D eigenvalue weighted by atomic mass is 9.48. The predicted molar refractivity (Wildman–Crippen MR) is 73.6 cm³/mol. The van der Waals surface area contributed by atoms with Crippen molar-refractivity contribution in [3.63, 3.8) is 0 Å². The molecule has 2 rings (SSSR count). The van der Waals surface area contributed by atoms with E-state index in [1.54, 1.807) is 0 Å². The maximum absolute atomic E-state index is 12.3. The molecule has 0 N–H and O–H groups in total. The number of esters is 1. The highest BCUT2D eigenvalue weighted by Gasteiger charge is 2.54. The smallest absolute Gasteiger partial charge is 0.306 e. The lowest BCUT2D eigenvalue weighted by Gasteiger charge is -2.56. The quantitative estimate of drug-likeness (QED) is 0.720. The molecule has 2 saturated carbocycles. The molecule has 3 heteroatoms. The van der Waals surface area contributed by atoms with Crippen molar-refractivity contribution in [1.82, 2.24) is 0 Å². The molecule has 0 radical (unpaired) electrons. The van der Waals surface area contributed by atoms with Crippen LogP contribution in [-0.4, -0.2) is 18.9 Å². The van der Waals surface area contributed by atoms with Crippen LogP contribution >= 0.6 is 0 Å². The SMILES string of the molecule is COC(=O)CC1C(=O)CCC2C(C)(C)CCCC12C. The van der Waals surface area contributed by atoms with Crippen LogP contribution in [0.1, 0.15) is 59.3 Å². The number of carbonyl (C=O) groups excluding carboxylic acids is 2. The van der Waals surface area contributed by atoms with Crippen molar-refractivity contribution in [2.24, 2.45) is 22.7 Å². The molecule has 2 aliphatic carbocycles. The fraction of sp³-hybridized carbons (Fsp3) is 0.875. The van der Waals surface area contributed by atoms with Gasteiger partial charge in [-0.05, 0) is 36.0 Å². The highest BCUT2D eigenvalue weighted by molar-refractivity contribution is 5.87. The van der Waals surface area contributed by atoms with Crippen LogP contribution in [0.25, 0.3) is 0 Å². The standard InChI is InChI=1S/C16H26O3/c1-15(2)8-5-9-16(3)11(10-14(18)19-4)12(17)6-7-13(15)16/h11,13H,5-10H2,1-4H3. The van der Waals surface area contributed by atoms with Gasteiger partial charge in [0, 0.05) is 12.3 Å². The van der Waals surface area contributed by atoms with Crippen molar-refractivity contribution >= 4 is 11.8 Å². The number of hydrogen-bond acceptors (Lipinski definition) is 3. The minimum atomic E-state index is -0.247. The molecule has 0 aromatic heterocycles. The van der Waals surface area contributed by atoms with Gasteiger partial charge in [0.2, 0.25) is 0 Å². The second-order valence-corrected chi connectivity index (χ2v) is 7.24. The molecular formula is C16H26O3. The Morgan fingerprint density at radius 1 is 1.32 bits per heavy atom. The van der Waals surface area contributed by atoms with Gasteiger partial charge >= 0.3 is 5.97 Å². The third-order valence-electron chi connectivity index (χ3n) is 5.74. The van der Waals surface area contributed by atoms with Gasteiger partial charge in [-0.15, -0.1) is 0 Å². The summed E-state index contributed by atoms with van der Waals surface area (Å²) in [6.07, 6.45) is 5.33. The van der Waals surface area contributed by atoms with E-state index in [0.717, 1.165) is 19.3 Å². The molecule has 0 spiro atoms. The molecular weight excluding hydrogens is 240 g/mol. The van der Waals surface area contributed by atoms with Crippen LogP contribution in [0.4, 0.5) is 0 Å². The summed E-state index contributed by atoms with van der Waals surface area (Å²) in [6, 6.07) is 0. The van der Waals surface area contributed by atoms with Gasteiger partial charge in [-0.2, -0.15) is 0 Å². The topological polar surface area (TPSA) is 43.4 Å². The summed E-state index contributed by atoms with van der Waals surface area (Å²) >= 11 is 0. The van der Waals surface area contributed by atoms with E-state index in [4.69, 9.17) is 4.74 Å². The Morgan fingerprint density at radius 2 is 2.00 bits per heavy atom. The van der Waals surface area contributed by atoms with Gasteiger partial charge in [0.1, 0.15) is 5.78 Å². The second kappa shape index (κ2) is 4.92. The van der Waals surface area contributed by atoms with E-state index in [1.807, 2.05) is 0 Å². The minimum absolute atomic E-state index is 0.0225. The molecule has 108 valence electrons. The van der Waals surface area contributed by atoms with Crippen molar-refractivity contribution in [3.8, 4) is 0 Å². The zero-order valence-electron chi connectivity index (χ0n) is 12.6. The van der Waals surface area contributed by atoms with Crippen LogP contribution in [0.5, 0.6) is 0 Å². The molecule has 0 heterocycles. The van der Waals surface area contributed by atoms with Crippen molar-refractivity contribution in [2.45, 2.75) is 59.3 Å². The Balaban J connectivity index is 2.30. The maximum atomic E-state index is 12.3. The van der Waals surface area contributed by atoms with Gasteiger partial charge in [-0.25, -0.2) is 0 Å². The zero-order chi connectivity index (χ0) is 14.3. The Hall–Kier alpha value is -0.860. The van der Waals surface area contributed by atoms with Crippen LogP contribution in [0.15, 0.2) is 0 Å². The molecule has 0 bridgehead atoms. The number of hydrogen-bond donors (Lipinski definition) is 0. The molecule has 2 aliphatic rings. The monoisotopic (exact) mass is 266 g/mol. The summed E-state index contributed by atoms with van der Waals surface area (Å²) in [6.45, 7) is 6.86. The molecule has 0 aromatic carbocycles. The largest absolute Gasteiger partial charge is 0.469 e. The number of rotatable bonds is 2. The average molecular weight is 266 g/mol. The summed E-state index contributed by atoms with van der Waals surface area (Å²) in [5.41, 5.74) is 0.257. The van der Waals surface area contributed by atoms with Gasteiger partial charge in [-0.1, -0.05) is 27.2 Å². The Morgan fingerprint density at radius 3 is 2.63 bits per heavy atom. The van der Waals surface area contributed by atoms with Crippen molar-refractivity contribution in [3.05, 3.63) is 0 Å². The first-order valence-electron chi connectivity index (χ1n) is 7.41. The molecule has 2 fully saturated rings. The number of fused-ring (bicyclic) bond motifs is 1. The first-order chi connectivity index (χ1) is 8.81. The highest BCUT2D eigenvalue weighted by Crippen LogP contribution is 2.59. The van der Waals surface area contributed by atoms with E-state index < -0.39 is 0 Å². The summed E-state index contributed by atoms with van der Waals surface area (Å²) in [7, 11) is 1.40. The Bertz CT molecular complexity index is 385. The summed E-state index contributed by atoms with van der Waals surface area (Å²) in [5.74, 6) is 0.421. The average Bonchev–Trinajstić information content (AvgIpc) is 2.32. The zero-order valence-corrected chi connectivity index (χ0v) is 12.6. The van der Waals surface area contributed by atoms with Crippen molar-refractivity contribution in [1.29, 1.82) is 0 Å². The number of carbonyl (C=O) groups is 2. The van der Waals surface area contributed by atoms with E-state index in [2.05, 4.69) is 20.8 Å². The lowest BCUT2D eigenvalue weighted by molar-refractivity contribution is -0.155. The third-order valence-corrected chi connectivity index (χ3v) is 5.74. The molecule has 0 aromatic rings. The van der Waals surface area contributed by atoms with Gasteiger partial charge in [-0.3, -0.25) is 9.59 Å². The van der Waals surface area contributed by atoms with Crippen molar-refractivity contribution in [2.75, 3.05) is 7.11 Å². The van der Waals surface area contributed by atoms with Gasteiger partial charge in [0.25, 0.3) is 0 Å². The van der Waals surface area contributed by atoms with E-state index in [-0.39, 0.29) is 34.9 Å². The molecule has 3 atom stereocenters. The maximum Gasteiger partial charge on any atom is 0.306 e. The normalized spacial score (nSPS) is 37.6. The van der Waals surface area contributed by atoms with Gasteiger partial charge in [0.15, 0.2) is 0 Å². The van der Waals surface area contributed by atoms with Crippen LogP contribution in [0.3, 0.4) is 0 Å². The molecule has 0 saturated heterocycles. The fourth-order valence-corrected chi connectivity index (χ4v) is 4.73. The number of ketones is 1. The summed E-state index contributed by atoms with van der Waals surface area (Å²) in [5, 5.41) is 0. The first-order valence-corrected chi connectivity index (χ1v) is 7.41. The van der Waals surface area contributed by atoms with E-state index in [0.29, 0.717) is 12.3 Å². The number of ether oxygens (including phenoxy) is 1. The van der Waals surface area contributed by atoms with Gasteiger partial charge in [0.05, 0.1) is 13.5 Å². The van der Waals surface area contributed by atoms with Crippen LogP contribution in [0, 0.1) is 22.7 Å². The third kappa shape index (κ3) is 2.44. The highest BCUT2D eigenvalue weighted by atomic mass is 16.5. The summed E-state index contributed by atoms with van der Waals surface area (Å²) in [4.78, 5) is 23.9. The Kier molecular flexibility index (Phi) is 3.76. The molecule has 0 amide bonds. The lowest BCUT2D eigenvalue weighted by Crippen LogP contribution is -2.52. The molecule has 0 aliphatic heterocycles. The van der Waals surface area contributed by atoms with Crippen LogP contribution < -0.4 is 0 Å². The Labute approximate surface area is 116 Å². The number of methoxy groups -OCH3 is 1. The molecule has 3 nitrogen and oxygen atoms in total. The fourth-order valence-electron chi connectivity index (χ4n) is 4.73. The summed E-state index contributed by atoms with van der Waals surface area (Å²) < 4.78 is 4.79. The second-order valence-electron chi connectivity index (χ2n) is 7.24. The van der Waals surface area contributed by atoms with Crippen LogP contribution in [-0.2, 0) is 14.3 Å². The van der Waals surface area contributed by atoms with Crippen molar-refractivity contribution < 1.29 is 14.3 Å². The van der Waals surface area contributed by atoms with Gasteiger partial charge < -0.3 is 4.74 Å². The van der Waals surface area contributed by atoms with E-state index in [1.165, 1.54) is 13.5 Å². The van der Waals surface area contributed by atoms with E-state index in [9.17, 15) is 9.59 Å². The number of Topliss-reactive ketones (excluding diaryl/α,β-unsaturated/α-hetero) is 1. The molecule has 19 heavy (non-hydrogen) atoms. The van der Waals surface area contributed by atoms with Crippen LogP contribution in [0.2, 0.25) is 0 Å². The van der Waals surface area contributed by atoms with E-state index >= 15 is 0 Å². The molecule has 3 unspecified atom stereocenters.